The molecule has 0 saturated heterocycles. The number of amides is 1. The highest BCUT2D eigenvalue weighted by Gasteiger charge is 2.16. The topological polar surface area (TPSA) is 75.6 Å². The third-order valence-corrected chi connectivity index (χ3v) is 4.80. The molecule has 0 saturated carbocycles. The van der Waals surface area contributed by atoms with Crippen molar-refractivity contribution in [3.05, 3.63) is 107 Å². The monoisotopic (exact) mass is 403 g/mol. The second-order valence-electron chi connectivity index (χ2n) is 6.99. The first-order chi connectivity index (χ1) is 14.6. The van der Waals surface area contributed by atoms with Crippen LogP contribution in [-0.2, 0) is 22.6 Å². The van der Waals surface area contributed by atoms with E-state index in [9.17, 15) is 14.7 Å². The van der Waals surface area contributed by atoms with Gasteiger partial charge in [-0.1, -0.05) is 78.9 Å². The third kappa shape index (κ3) is 6.29. The summed E-state index contributed by atoms with van der Waals surface area (Å²) in [5.74, 6) is -1.13. The Kier molecular flexibility index (Phi) is 7.75. The van der Waals surface area contributed by atoms with Crippen molar-refractivity contribution in [2.75, 3.05) is 6.61 Å². The standard InChI is InChI=1S/C25H25NO4/c27-24(16-15-20-11-7-8-14-22(20)25(28)29)26-23(21-12-5-2-6-13-21)18-30-17-19-9-3-1-4-10-19/h1-14,23H,15-18H2,(H,26,27)(H,28,29). The molecule has 0 spiro atoms. The van der Waals surface area contributed by atoms with E-state index in [4.69, 9.17) is 4.74 Å². The van der Waals surface area contributed by atoms with E-state index in [0.717, 1.165) is 11.1 Å². The molecule has 0 bridgehead atoms. The first-order valence-corrected chi connectivity index (χ1v) is 9.90. The van der Waals surface area contributed by atoms with Crippen LogP contribution in [0.2, 0.25) is 0 Å². The van der Waals surface area contributed by atoms with Gasteiger partial charge in [-0.2, -0.15) is 0 Å². The maximum atomic E-state index is 12.6. The van der Waals surface area contributed by atoms with Crippen LogP contribution in [0, 0.1) is 0 Å². The predicted molar refractivity (Wildman–Crippen MR) is 115 cm³/mol. The van der Waals surface area contributed by atoms with E-state index >= 15 is 0 Å². The fourth-order valence-electron chi connectivity index (χ4n) is 3.24. The first kappa shape index (κ1) is 21.3. The maximum Gasteiger partial charge on any atom is 0.335 e. The minimum absolute atomic E-state index is 0.146. The second kappa shape index (κ2) is 10.9. The largest absolute Gasteiger partial charge is 0.478 e. The third-order valence-electron chi connectivity index (χ3n) is 4.80. The van der Waals surface area contributed by atoms with Crippen molar-refractivity contribution in [2.24, 2.45) is 0 Å². The molecule has 5 nitrogen and oxygen atoms in total. The number of hydrogen-bond donors (Lipinski definition) is 2. The summed E-state index contributed by atoms with van der Waals surface area (Å²) in [5, 5.41) is 12.3. The van der Waals surface area contributed by atoms with E-state index in [0.29, 0.717) is 25.2 Å². The summed E-state index contributed by atoms with van der Waals surface area (Å²) in [4.78, 5) is 23.9. The number of nitrogens with one attached hydrogen (secondary N) is 1. The molecule has 0 fully saturated rings. The molecule has 1 unspecified atom stereocenters. The summed E-state index contributed by atoms with van der Waals surface area (Å²) >= 11 is 0. The van der Waals surface area contributed by atoms with E-state index < -0.39 is 5.97 Å². The van der Waals surface area contributed by atoms with Crippen molar-refractivity contribution < 1.29 is 19.4 Å². The highest BCUT2D eigenvalue weighted by Crippen LogP contribution is 2.16. The Morgan fingerprint density at radius 1 is 0.867 bits per heavy atom. The molecule has 3 aromatic rings. The number of benzene rings is 3. The average Bonchev–Trinajstić information content (AvgIpc) is 2.78. The van der Waals surface area contributed by atoms with Gasteiger partial charge in [-0.25, -0.2) is 4.79 Å². The minimum atomic E-state index is -0.984. The molecule has 3 rings (SSSR count). The van der Waals surface area contributed by atoms with Gasteiger partial charge in [-0.15, -0.1) is 0 Å². The van der Waals surface area contributed by atoms with Crippen LogP contribution in [-0.4, -0.2) is 23.6 Å². The Labute approximate surface area is 176 Å². The predicted octanol–water partition coefficient (Wildman–Crippen LogP) is 4.39. The van der Waals surface area contributed by atoms with E-state index in [2.05, 4.69) is 5.32 Å². The Balaban J connectivity index is 1.60. The van der Waals surface area contributed by atoms with Gasteiger partial charge in [0, 0.05) is 6.42 Å². The summed E-state index contributed by atoms with van der Waals surface area (Å²) in [6.45, 7) is 0.808. The van der Waals surface area contributed by atoms with E-state index in [-0.39, 0.29) is 23.9 Å². The molecule has 0 aliphatic heterocycles. The van der Waals surface area contributed by atoms with Gasteiger partial charge >= 0.3 is 5.97 Å². The van der Waals surface area contributed by atoms with Gasteiger partial charge in [-0.3, -0.25) is 4.79 Å². The van der Waals surface area contributed by atoms with E-state index in [1.54, 1.807) is 24.3 Å². The summed E-state index contributed by atoms with van der Waals surface area (Å²) in [6, 6.07) is 26.0. The van der Waals surface area contributed by atoms with Crippen molar-refractivity contribution in [2.45, 2.75) is 25.5 Å². The van der Waals surface area contributed by atoms with Gasteiger partial charge in [0.05, 0.1) is 24.8 Å². The van der Waals surface area contributed by atoms with Gasteiger partial charge in [0.25, 0.3) is 0 Å². The van der Waals surface area contributed by atoms with Gasteiger partial charge in [0.1, 0.15) is 0 Å². The van der Waals surface area contributed by atoms with Crippen LogP contribution in [0.25, 0.3) is 0 Å². The Morgan fingerprint density at radius 2 is 1.50 bits per heavy atom. The van der Waals surface area contributed by atoms with Gasteiger partial charge < -0.3 is 15.2 Å². The second-order valence-corrected chi connectivity index (χ2v) is 6.99. The summed E-state index contributed by atoms with van der Waals surface area (Å²) in [6.07, 6.45) is 0.563. The summed E-state index contributed by atoms with van der Waals surface area (Å²) in [5.41, 5.74) is 2.92. The van der Waals surface area contributed by atoms with Crippen LogP contribution in [0.5, 0.6) is 0 Å². The summed E-state index contributed by atoms with van der Waals surface area (Å²) < 4.78 is 5.86. The number of carbonyl (C=O) groups is 2. The van der Waals surface area contributed by atoms with Crippen LogP contribution in [0.15, 0.2) is 84.9 Å². The zero-order chi connectivity index (χ0) is 21.2. The molecule has 3 aromatic carbocycles. The fraction of sp³-hybridized carbons (Fsp3) is 0.200. The highest BCUT2D eigenvalue weighted by molar-refractivity contribution is 5.89. The SMILES string of the molecule is O=C(CCc1ccccc1C(=O)O)NC(COCc1ccccc1)c1ccccc1. The smallest absolute Gasteiger partial charge is 0.335 e. The van der Waals surface area contributed by atoms with Crippen molar-refractivity contribution >= 4 is 11.9 Å². The molecule has 0 aliphatic carbocycles. The molecule has 154 valence electrons. The minimum Gasteiger partial charge on any atom is -0.478 e. The van der Waals surface area contributed by atoms with Crippen LogP contribution in [0.1, 0.15) is 39.5 Å². The number of ether oxygens (including phenoxy) is 1. The number of rotatable bonds is 10. The lowest BCUT2D eigenvalue weighted by Crippen LogP contribution is -2.31. The molecule has 1 amide bonds. The number of aromatic carboxylic acids is 1. The van der Waals surface area contributed by atoms with Crippen LogP contribution >= 0.6 is 0 Å². The summed E-state index contributed by atoms with van der Waals surface area (Å²) in [7, 11) is 0. The molecular weight excluding hydrogens is 378 g/mol. The molecule has 0 aromatic heterocycles. The molecule has 0 heterocycles. The first-order valence-electron chi connectivity index (χ1n) is 9.90. The van der Waals surface area contributed by atoms with E-state index in [1.807, 2.05) is 60.7 Å². The number of carboxylic acids is 1. The zero-order valence-corrected chi connectivity index (χ0v) is 16.7. The molecule has 5 heteroatoms. The van der Waals surface area contributed by atoms with Gasteiger partial charge in [-0.05, 0) is 29.2 Å². The van der Waals surface area contributed by atoms with Crippen LogP contribution < -0.4 is 5.32 Å². The lowest BCUT2D eigenvalue weighted by atomic mass is 10.0. The van der Waals surface area contributed by atoms with Crippen molar-refractivity contribution in [1.29, 1.82) is 0 Å². The quantitative estimate of drug-likeness (QED) is 0.526. The maximum absolute atomic E-state index is 12.6. The van der Waals surface area contributed by atoms with Crippen LogP contribution in [0.3, 0.4) is 0 Å². The van der Waals surface area contributed by atoms with Crippen molar-refractivity contribution in [1.82, 2.24) is 5.32 Å². The molecule has 0 aliphatic rings. The highest BCUT2D eigenvalue weighted by atomic mass is 16.5. The van der Waals surface area contributed by atoms with Gasteiger partial charge in [0.15, 0.2) is 0 Å². The zero-order valence-electron chi connectivity index (χ0n) is 16.7. The molecule has 1 atom stereocenters. The van der Waals surface area contributed by atoms with Crippen molar-refractivity contribution in [3.63, 3.8) is 0 Å². The molecule has 2 N–H and O–H groups in total. The average molecular weight is 403 g/mol. The Morgan fingerprint density at radius 3 is 2.20 bits per heavy atom. The number of hydrogen-bond acceptors (Lipinski definition) is 3. The normalized spacial score (nSPS) is 11.6. The molecule has 0 radical (unpaired) electrons. The lowest BCUT2D eigenvalue weighted by molar-refractivity contribution is -0.122. The number of carbonyl (C=O) groups excluding carboxylic acids is 1. The fourth-order valence-corrected chi connectivity index (χ4v) is 3.24. The van der Waals surface area contributed by atoms with E-state index in [1.165, 1.54) is 0 Å². The van der Waals surface area contributed by atoms with Crippen molar-refractivity contribution in [3.8, 4) is 0 Å². The molecular formula is C25H25NO4. The number of aryl methyl sites for hydroxylation is 1. The number of carboxylic acid groups (broad SMARTS) is 1. The molecule has 30 heavy (non-hydrogen) atoms. The Bertz CT molecular complexity index is 957. The van der Waals surface area contributed by atoms with Gasteiger partial charge in [0.2, 0.25) is 5.91 Å². The van der Waals surface area contributed by atoms with Crippen LogP contribution in [0.4, 0.5) is 0 Å². The lowest BCUT2D eigenvalue weighted by Gasteiger charge is -2.20. The Hall–Kier alpha value is -3.44.